The van der Waals surface area contributed by atoms with Gasteiger partial charge < -0.3 is 19.9 Å². The minimum absolute atomic E-state index is 0.160. The maximum Gasteiger partial charge on any atom is 0.278 e. The fourth-order valence-corrected chi connectivity index (χ4v) is 6.34. The number of hydrogen-bond acceptors (Lipinski definition) is 10. The SMILES string of the molecule is C=CCn1c(=O)c2cnc(Nc3ccc(N4CCN(C5CCN(C)CC5)CC4)c(OC)c3)nc2n1-c1ccc(=O)n(C(C)C)n1. The van der Waals surface area contributed by atoms with Crippen LogP contribution in [-0.2, 0) is 6.54 Å². The van der Waals surface area contributed by atoms with Crippen LogP contribution in [0, 0.1) is 0 Å². The minimum Gasteiger partial charge on any atom is -0.495 e. The summed E-state index contributed by atoms with van der Waals surface area (Å²) in [6.45, 7) is 14.1. The number of piperidine rings is 1. The lowest BCUT2D eigenvalue weighted by molar-refractivity contribution is 0.115. The van der Waals surface area contributed by atoms with E-state index < -0.39 is 0 Å². The van der Waals surface area contributed by atoms with Crippen LogP contribution in [0.2, 0.25) is 0 Å². The summed E-state index contributed by atoms with van der Waals surface area (Å²) in [6, 6.07) is 9.56. The molecule has 1 aromatic carbocycles. The molecule has 2 fully saturated rings. The molecule has 2 saturated heterocycles. The van der Waals surface area contributed by atoms with Crippen LogP contribution < -0.4 is 26.1 Å². The minimum atomic E-state index is -0.275. The first-order valence-corrected chi connectivity index (χ1v) is 15.6. The molecule has 0 spiro atoms. The van der Waals surface area contributed by atoms with Gasteiger partial charge in [-0.1, -0.05) is 6.08 Å². The Balaban J connectivity index is 1.25. The summed E-state index contributed by atoms with van der Waals surface area (Å²) < 4.78 is 10.3. The third-order valence-corrected chi connectivity index (χ3v) is 8.79. The van der Waals surface area contributed by atoms with E-state index in [1.807, 2.05) is 26.0 Å². The molecule has 5 heterocycles. The van der Waals surface area contributed by atoms with Gasteiger partial charge in [-0.15, -0.1) is 11.7 Å². The lowest BCUT2D eigenvalue weighted by Crippen LogP contribution is -2.53. The number of piperazine rings is 1. The smallest absolute Gasteiger partial charge is 0.278 e. The zero-order valence-electron chi connectivity index (χ0n) is 26.5. The summed E-state index contributed by atoms with van der Waals surface area (Å²) >= 11 is 0. The molecule has 0 unspecified atom stereocenters. The van der Waals surface area contributed by atoms with Gasteiger partial charge in [0.1, 0.15) is 11.1 Å². The van der Waals surface area contributed by atoms with Gasteiger partial charge in [-0.05, 0) is 65.0 Å². The molecule has 3 aromatic heterocycles. The fraction of sp³-hybridized carbons (Fsp3) is 0.469. The van der Waals surface area contributed by atoms with Crippen molar-refractivity contribution in [2.24, 2.45) is 0 Å². The highest BCUT2D eigenvalue weighted by Crippen LogP contribution is 2.33. The molecule has 0 bridgehead atoms. The van der Waals surface area contributed by atoms with Gasteiger partial charge in [0.05, 0.1) is 25.4 Å². The van der Waals surface area contributed by atoms with E-state index in [0.29, 0.717) is 28.8 Å². The molecule has 0 saturated carbocycles. The van der Waals surface area contributed by atoms with E-state index in [1.54, 1.807) is 23.9 Å². The number of ether oxygens (including phenoxy) is 1. The molecule has 13 heteroatoms. The number of likely N-dealkylation sites (tertiary alicyclic amines) is 1. The Kier molecular flexibility index (Phi) is 8.72. The van der Waals surface area contributed by atoms with Crippen molar-refractivity contribution in [2.75, 3.05) is 63.6 Å². The Labute approximate surface area is 262 Å². The van der Waals surface area contributed by atoms with E-state index in [-0.39, 0.29) is 23.7 Å². The Hall–Kier alpha value is -4.49. The van der Waals surface area contributed by atoms with Crippen molar-refractivity contribution < 1.29 is 4.74 Å². The topological polar surface area (TPSA) is 119 Å². The molecular formula is C32H42N10O3. The Morgan fingerprint density at radius 2 is 1.82 bits per heavy atom. The van der Waals surface area contributed by atoms with E-state index >= 15 is 0 Å². The van der Waals surface area contributed by atoms with Crippen LogP contribution in [-0.4, -0.2) is 98.4 Å². The van der Waals surface area contributed by atoms with E-state index in [4.69, 9.17) is 9.72 Å². The number of aromatic nitrogens is 6. The van der Waals surface area contributed by atoms with Crippen LogP contribution in [0.4, 0.5) is 17.3 Å². The Bertz CT molecular complexity index is 1790. The monoisotopic (exact) mass is 614 g/mol. The maximum absolute atomic E-state index is 13.3. The molecule has 0 radical (unpaired) electrons. The van der Waals surface area contributed by atoms with Crippen LogP contribution in [0.5, 0.6) is 5.75 Å². The van der Waals surface area contributed by atoms with E-state index in [2.05, 4.69) is 49.8 Å². The fourth-order valence-electron chi connectivity index (χ4n) is 6.34. The third kappa shape index (κ3) is 6.09. The third-order valence-electron chi connectivity index (χ3n) is 8.79. The number of anilines is 3. The number of fused-ring (bicyclic) bond motifs is 1. The van der Waals surface area contributed by atoms with Crippen molar-refractivity contribution >= 4 is 28.4 Å². The quantitative estimate of drug-likeness (QED) is 0.282. The van der Waals surface area contributed by atoms with Gasteiger partial charge in [-0.25, -0.2) is 19.0 Å². The zero-order valence-corrected chi connectivity index (χ0v) is 26.5. The number of methoxy groups -OCH3 is 1. The van der Waals surface area contributed by atoms with Crippen LogP contribution in [0.25, 0.3) is 16.9 Å². The number of benzene rings is 1. The van der Waals surface area contributed by atoms with E-state index in [0.717, 1.165) is 43.3 Å². The van der Waals surface area contributed by atoms with Crippen LogP contribution in [0.3, 0.4) is 0 Å². The second-order valence-corrected chi connectivity index (χ2v) is 12.1. The molecular weight excluding hydrogens is 572 g/mol. The summed E-state index contributed by atoms with van der Waals surface area (Å²) in [5, 5.41) is 8.15. The number of nitrogens with one attached hydrogen (secondary N) is 1. The second-order valence-electron chi connectivity index (χ2n) is 12.1. The number of allylic oxidation sites excluding steroid dienone is 1. The van der Waals surface area contributed by atoms with E-state index in [9.17, 15) is 9.59 Å². The van der Waals surface area contributed by atoms with Gasteiger partial charge in [0.15, 0.2) is 11.5 Å². The average molecular weight is 615 g/mol. The van der Waals surface area contributed by atoms with Crippen molar-refractivity contribution in [1.29, 1.82) is 0 Å². The standard InChI is InChI=1S/C32H42N10O3/c1-6-13-40-31(44)25-21-33-32(35-30(25)42(40)28-9-10-29(43)41(36-28)22(2)3)34-23-7-8-26(27(20-23)45-5)39-18-16-38(17-19-39)24-11-14-37(4)15-12-24/h6-10,20-22,24H,1,11-19H2,2-5H3,(H,33,34,35). The molecule has 0 aliphatic carbocycles. The predicted octanol–water partition coefficient (Wildman–Crippen LogP) is 2.87. The summed E-state index contributed by atoms with van der Waals surface area (Å²) in [5.41, 5.74) is 1.68. The van der Waals surface area contributed by atoms with Gasteiger partial charge in [0.2, 0.25) is 5.95 Å². The Morgan fingerprint density at radius 3 is 2.51 bits per heavy atom. The van der Waals surface area contributed by atoms with Crippen molar-refractivity contribution in [3.05, 3.63) is 69.9 Å². The second kappa shape index (κ2) is 12.9. The highest BCUT2D eigenvalue weighted by atomic mass is 16.5. The summed E-state index contributed by atoms with van der Waals surface area (Å²) in [5.74, 6) is 1.47. The molecule has 0 atom stereocenters. The Morgan fingerprint density at radius 1 is 1.07 bits per heavy atom. The first-order valence-electron chi connectivity index (χ1n) is 15.6. The number of rotatable bonds is 9. The lowest BCUT2D eigenvalue weighted by Gasteiger charge is -2.43. The first-order chi connectivity index (χ1) is 21.8. The zero-order chi connectivity index (χ0) is 31.7. The van der Waals surface area contributed by atoms with Crippen LogP contribution in [0.1, 0.15) is 32.7 Å². The molecule has 2 aliphatic rings. The van der Waals surface area contributed by atoms with Gasteiger partial charge in [-0.2, -0.15) is 4.98 Å². The average Bonchev–Trinajstić information content (AvgIpc) is 3.32. The maximum atomic E-state index is 13.3. The normalized spacial score (nSPS) is 16.9. The molecule has 13 nitrogen and oxygen atoms in total. The molecule has 6 rings (SSSR count). The van der Waals surface area contributed by atoms with Crippen LogP contribution in [0.15, 0.2) is 58.8 Å². The summed E-state index contributed by atoms with van der Waals surface area (Å²) in [4.78, 5) is 42.4. The van der Waals surface area contributed by atoms with Crippen LogP contribution >= 0.6 is 0 Å². The highest BCUT2D eigenvalue weighted by Gasteiger charge is 2.27. The largest absolute Gasteiger partial charge is 0.495 e. The van der Waals surface area contributed by atoms with Crippen molar-refractivity contribution in [3.63, 3.8) is 0 Å². The van der Waals surface area contributed by atoms with Gasteiger partial charge in [0.25, 0.3) is 11.1 Å². The molecule has 0 amide bonds. The summed E-state index contributed by atoms with van der Waals surface area (Å²) in [7, 11) is 3.89. The van der Waals surface area contributed by atoms with Gasteiger partial charge >= 0.3 is 0 Å². The lowest BCUT2D eigenvalue weighted by atomic mass is 10.0. The molecule has 2 aliphatic heterocycles. The predicted molar refractivity (Wildman–Crippen MR) is 176 cm³/mol. The van der Waals surface area contributed by atoms with Gasteiger partial charge in [0, 0.05) is 56.2 Å². The molecule has 45 heavy (non-hydrogen) atoms. The molecule has 1 N–H and O–H groups in total. The van der Waals surface area contributed by atoms with Crippen molar-refractivity contribution in [3.8, 4) is 11.6 Å². The summed E-state index contributed by atoms with van der Waals surface area (Å²) in [6.07, 6.45) is 5.62. The number of nitrogens with zero attached hydrogens (tertiary/aromatic N) is 9. The highest BCUT2D eigenvalue weighted by molar-refractivity contribution is 5.77. The number of hydrogen-bond donors (Lipinski definition) is 1. The van der Waals surface area contributed by atoms with Crippen molar-refractivity contribution in [2.45, 2.75) is 45.3 Å². The first kappa shape index (κ1) is 30.5. The van der Waals surface area contributed by atoms with E-state index in [1.165, 1.54) is 47.6 Å². The molecule has 238 valence electrons. The van der Waals surface area contributed by atoms with Gasteiger partial charge in [-0.3, -0.25) is 14.5 Å². The molecule has 4 aromatic rings. The van der Waals surface area contributed by atoms with Crippen molar-refractivity contribution in [1.82, 2.24) is 38.9 Å².